The first-order valence-electron chi connectivity index (χ1n) is 6.92. The van der Waals surface area contributed by atoms with Crippen molar-refractivity contribution in [2.75, 3.05) is 18.1 Å². The summed E-state index contributed by atoms with van der Waals surface area (Å²) in [6.07, 6.45) is 2.34. The quantitative estimate of drug-likeness (QED) is 0.925. The first-order valence-corrected chi connectivity index (χ1v) is 9.69. The smallest absolute Gasteiger partial charge is 0.175 e. The zero-order valence-corrected chi connectivity index (χ0v) is 14.5. The average molecular weight is 326 g/mol. The van der Waals surface area contributed by atoms with Crippen LogP contribution in [0.4, 0.5) is 5.69 Å². The summed E-state index contributed by atoms with van der Waals surface area (Å²) in [5, 5.41) is 4.68. The van der Waals surface area contributed by atoms with Gasteiger partial charge >= 0.3 is 0 Å². The van der Waals surface area contributed by atoms with E-state index >= 15 is 0 Å². The molecule has 1 N–H and O–H groups in total. The summed E-state index contributed by atoms with van der Waals surface area (Å²) in [4.78, 5) is 4.85. The number of rotatable bonds is 3. The number of hydrogen-bond acceptors (Lipinski definition) is 5. The maximum Gasteiger partial charge on any atom is 0.175 e. The van der Waals surface area contributed by atoms with Gasteiger partial charge in [-0.05, 0) is 36.1 Å². The molecule has 0 aliphatic carbocycles. The molecular weight excluding hydrogens is 304 g/mol. The summed E-state index contributed by atoms with van der Waals surface area (Å²) in [7, 11) is -3.14. The lowest BCUT2D eigenvalue weighted by molar-refractivity contribution is 0.375. The van der Waals surface area contributed by atoms with Crippen molar-refractivity contribution >= 4 is 32.5 Å². The average Bonchev–Trinajstić information content (AvgIpc) is 2.73. The topological polar surface area (TPSA) is 58.5 Å². The minimum atomic E-state index is -3.14. The van der Waals surface area contributed by atoms with Gasteiger partial charge in [0, 0.05) is 17.2 Å². The fourth-order valence-corrected chi connectivity index (χ4v) is 4.19. The maximum atomic E-state index is 11.4. The van der Waals surface area contributed by atoms with E-state index < -0.39 is 9.84 Å². The molecule has 1 aromatic rings. The Bertz CT molecular complexity index is 629. The number of benzene rings is 1. The molecule has 0 radical (unpaired) electrons. The Morgan fingerprint density at radius 2 is 1.90 bits per heavy atom. The minimum Gasteiger partial charge on any atom is -0.335 e. The Morgan fingerprint density at radius 3 is 2.43 bits per heavy atom. The first-order chi connectivity index (χ1) is 9.63. The van der Waals surface area contributed by atoms with E-state index in [2.05, 4.69) is 31.1 Å². The van der Waals surface area contributed by atoms with Gasteiger partial charge in [0.25, 0.3) is 0 Å². The third-order valence-corrected chi connectivity index (χ3v) is 5.32. The summed E-state index contributed by atoms with van der Waals surface area (Å²) in [5.74, 6) is 0. The van der Waals surface area contributed by atoms with Crippen LogP contribution < -0.4 is 5.32 Å². The van der Waals surface area contributed by atoms with Crippen molar-refractivity contribution in [1.29, 1.82) is 0 Å². The molecule has 0 saturated carbocycles. The fraction of sp³-hybridized carbons (Fsp3) is 0.533. The summed E-state index contributed by atoms with van der Waals surface area (Å²) in [6, 6.07) is 6.78. The molecule has 1 atom stereocenters. The summed E-state index contributed by atoms with van der Waals surface area (Å²) in [5.41, 5.74) is 1.17. The number of amidine groups is 1. The van der Waals surface area contributed by atoms with Crippen molar-refractivity contribution in [3.63, 3.8) is 0 Å². The van der Waals surface area contributed by atoms with Crippen LogP contribution in [0.25, 0.3) is 0 Å². The highest BCUT2D eigenvalue weighted by Crippen LogP contribution is 2.32. The lowest BCUT2D eigenvalue weighted by atomic mass is 9.90. The minimum absolute atomic E-state index is 0.305. The molecule has 0 saturated heterocycles. The SMILES string of the molecule is CC(C)(C)CC1CN=C(Nc2ccc(S(C)(=O)=O)cc2)S1. The lowest BCUT2D eigenvalue weighted by Crippen LogP contribution is -2.16. The van der Waals surface area contributed by atoms with E-state index in [1.165, 1.54) is 6.26 Å². The van der Waals surface area contributed by atoms with Crippen LogP contribution in [0, 0.1) is 5.41 Å². The van der Waals surface area contributed by atoms with Gasteiger partial charge in [-0.3, -0.25) is 4.99 Å². The Kier molecular flexibility index (Phi) is 4.68. The number of nitrogens with zero attached hydrogens (tertiary/aromatic N) is 1. The van der Waals surface area contributed by atoms with Crippen LogP contribution in [0.3, 0.4) is 0 Å². The van der Waals surface area contributed by atoms with Gasteiger partial charge in [-0.2, -0.15) is 0 Å². The number of anilines is 1. The van der Waals surface area contributed by atoms with Gasteiger partial charge in [-0.1, -0.05) is 32.5 Å². The number of hydrogen-bond donors (Lipinski definition) is 1. The molecule has 1 aromatic carbocycles. The molecule has 21 heavy (non-hydrogen) atoms. The number of nitrogens with one attached hydrogen (secondary N) is 1. The molecule has 0 fully saturated rings. The predicted molar refractivity (Wildman–Crippen MR) is 90.9 cm³/mol. The highest BCUT2D eigenvalue weighted by atomic mass is 32.2. The van der Waals surface area contributed by atoms with Crippen LogP contribution in [0.15, 0.2) is 34.2 Å². The van der Waals surface area contributed by atoms with Crippen molar-refractivity contribution in [2.45, 2.75) is 37.3 Å². The van der Waals surface area contributed by atoms with Crippen molar-refractivity contribution in [1.82, 2.24) is 0 Å². The molecule has 0 aromatic heterocycles. The molecule has 4 nitrogen and oxygen atoms in total. The Labute approximate surface area is 131 Å². The first kappa shape index (κ1) is 16.4. The largest absolute Gasteiger partial charge is 0.335 e. The second-order valence-electron chi connectivity index (χ2n) is 6.57. The molecule has 1 heterocycles. The molecule has 0 bridgehead atoms. The molecule has 1 aliphatic heterocycles. The normalized spacial score (nSPS) is 19.4. The molecule has 116 valence electrons. The number of sulfone groups is 1. The molecular formula is C15H22N2O2S2. The molecule has 1 aliphatic rings. The van der Waals surface area contributed by atoms with Crippen molar-refractivity contribution in [3.8, 4) is 0 Å². The van der Waals surface area contributed by atoms with Crippen LogP contribution in [0.1, 0.15) is 27.2 Å². The van der Waals surface area contributed by atoms with Crippen molar-refractivity contribution < 1.29 is 8.42 Å². The standard InChI is InChI=1S/C15H22N2O2S2/c1-15(2,3)9-12-10-16-14(20-12)17-11-5-7-13(8-6-11)21(4,18)19/h5-8,12H,9-10H2,1-4H3,(H,16,17). The van der Waals surface area contributed by atoms with Gasteiger partial charge in [-0.15, -0.1) is 0 Å². The van der Waals surface area contributed by atoms with E-state index in [0.717, 1.165) is 23.8 Å². The Hall–Kier alpha value is -1.01. The fourth-order valence-electron chi connectivity index (χ4n) is 2.18. The van der Waals surface area contributed by atoms with Gasteiger partial charge in [-0.25, -0.2) is 8.42 Å². The number of aliphatic imine (C=N–C) groups is 1. The van der Waals surface area contributed by atoms with E-state index in [0.29, 0.717) is 15.6 Å². The van der Waals surface area contributed by atoms with Crippen LogP contribution in [0.5, 0.6) is 0 Å². The van der Waals surface area contributed by atoms with Gasteiger partial charge in [0.15, 0.2) is 15.0 Å². The van der Waals surface area contributed by atoms with Gasteiger partial charge < -0.3 is 5.32 Å². The summed E-state index contributed by atoms with van der Waals surface area (Å²) in [6.45, 7) is 7.56. The monoisotopic (exact) mass is 326 g/mol. The molecule has 1 unspecified atom stereocenters. The molecule has 2 rings (SSSR count). The third kappa shape index (κ3) is 5.04. The van der Waals surface area contributed by atoms with E-state index in [4.69, 9.17) is 0 Å². The highest BCUT2D eigenvalue weighted by Gasteiger charge is 2.25. The van der Waals surface area contributed by atoms with E-state index in [-0.39, 0.29) is 0 Å². The highest BCUT2D eigenvalue weighted by molar-refractivity contribution is 8.15. The molecule has 0 amide bonds. The van der Waals surface area contributed by atoms with E-state index in [9.17, 15) is 8.42 Å². The van der Waals surface area contributed by atoms with Gasteiger partial charge in [0.05, 0.1) is 11.4 Å². The van der Waals surface area contributed by atoms with E-state index in [1.54, 1.807) is 36.0 Å². The lowest BCUT2D eigenvalue weighted by Gasteiger charge is -2.21. The summed E-state index contributed by atoms with van der Waals surface area (Å²) < 4.78 is 22.8. The third-order valence-electron chi connectivity index (χ3n) is 3.09. The molecule has 6 heteroatoms. The van der Waals surface area contributed by atoms with E-state index in [1.807, 2.05) is 0 Å². The van der Waals surface area contributed by atoms with Crippen LogP contribution >= 0.6 is 11.8 Å². The van der Waals surface area contributed by atoms with Gasteiger partial charge in [0.1, 0.15) is 0 Å². The Morgan fingerprint density at radius 1 is 1.29 bits per heavy atom. The van der Waals surface area contributed by atoms with Crippen molar-refractivity contribution in [2.24, 2.45) is 10.4 Å². The summed E-state index contributed by atoms with van der Waals surface area (Å²) >= 11 is 1.76. The zero-order chi connectivity index (χ0) is 15.7. The van der Waals surface area contributed by atoms with Crippen molar-refractivity contribution in [3.05, 3.63) is 24.3 Å². The second-order valence-corrected chi connectivity index (χ2v) is 9.88. The van der Waals surface area contributed by atoms with Crippen LogP contribution in [-0.4, -0.2) is 31.6 Å². The number of thioether (sulfide) groups is 1. The maximum absolute atomic E-state index is 11.4. The Balaban J connectivity index is 1.95. The van der Waals surface area contributed by atoms with Gasteiger partial charge in [0.2, 0.25) is 0 Å². The van der Waals surface area contributed by atoms with Crippen LogP contribution in [0.2, 0.25) is 0 Å². The second kappa shape index (κ2) is 6.01. The zero-order valence-electron chi connectivity index (χ0n) is 12.9. The predicted octanol–water partition coefficient (Wildman–Crippen LogP) is 3.41. The molecule has 0 spiro atoms. The van der Waals surface area contributed by atoms with Crippen LogP contribution in [-0.2, 0) is 9.84 Å².